The quantitative estimate of drug-likeness (QED) is 0.0412. The summed E-state index contributed by atoms with van der Waals surface area (Å²) in [4.78, 5) is 125. The lowest BCUT2D eigenvalue weighted by molar-refractivity contribution is -0.302. The number of amides is 1. The summed E-state index contributed by atoms with van der Waals surface area (Å²) in [5, 5.41) is 23.1. The molecule has 0 spiro atoms. The third-order valence-electron chi connectivity index (χ3n) is 17.8. The van der Waals surface area contributed by atoms with Crippen LogP contribution in [0.2, 0.25) is 0 Å². The number of methoxy groups -OCH3 is 3. The number of esters is 6. The van der Waals surface area contributed by atoms with Gasteiger partial charge < -0.3 is 62.5 Å². The molecule has 4 aliphatic rings. The van der Waals surface area contributed by atoms with Gasteiger partial charge in [0.1, 0.15) is 49.1 Å². The Labute approximate surface area is 530 Å². The third-order valence-corrected chi connectivity index (χ3v) is 17.8. The molecule has 22 heteroatoms. The first-order valence-corrected chi connectivity index (χ1v) is 31.6. The molecule has 22 nitrogen and oxygen atoms in total. The number of benzene rings is 1. The highest BCUT2D eigenvalue weighted by atomic mass is 16.7. The van der Waals surface area contributed by atoms with Crippen molar-refractivity contribution in [3.8, 4) is 5.75 Å². The van der Waals surface area contributed by atoms with Crippen LogP contribution in [0.4, 0.5) is 0 Å². The van der Waals surface area contributed by atoms with Crippen molar-refractivity contribution in [3.05, 3.63) is 64.8 Å². The minimum Gasteiger partial charge on any atom is -0.462 e. The van der Waals surface area contributed by atoms with Crippen molar-refractivity contribution >= 4 is 53.3 Å². The van der Waals surface area contributed by atoms with E-state index in [4.69, 9.17) is 47.4 Å². The molecule has 14 atom stereocenters. The van der Waals surface area contributed by atoms with Gasteiger partial charge in [0.2, 0.25) is 5.79 Å². The predicted octanol–water partition coefficient (Wildman–Crippen LogP) is 7.90. The van der Waals surface area contributed by atoms with E-state index in [9.17, 15) is 43.8 Å². The van der Waals surface area contributed by atoms with E-state index in [1.54, 1.807) is 60.6 Å². The Kier molecular flexibility index (Phi) is 28.1. The van der Waals surface area contributed by atoms with Crippen molar-refractivity contribution in [3.63, 3.8) is 0 Å². The van der Waals surface area contributed by atoms with Crippen LogP contribution in [0, 0.1) is 43.4 Å². The van der Waals surface area contributed by atoms with Crippen molar-refractivity contribution in [2.75, 3.05) is 41.1 Å². The first kappa shape index (κ1) is 74.6. The topological polar surface area (TPSA) is 290 Å². The Morgan fingerprint density at radius 2 is 1.44 bits per heavy atom. The molecule has 5 rings (SSSR count). The number of carbonyl (C=O) groups excluding carboxylic acids is 9. The van der Waals surface area contributed by atoms with E-state index < -0.39 is 144 Å². The van der Waals surface area contributed by atoms with Crippen molar-refractivity contribution in [1.29, 1.82) is 0 Å². The van der Waals surface area contributed by atoms with Gasteiger partial charge in [-0.15, -0.1) is 6.58 Å². The van der Waals surface area contributed by atoms with E-state index in [2.05, 4.69) is 6.58 Å². The maximum Gasteiger partial charge on any atom is 0.329 e. The number of ether oxygens (including phenoxy) is 10. The monoisotopic (exact) mass is 1270 g/mol. The molecule has 1 saturated carbocycles. The maximum absolute atomic E-state index is 15.1. The number of aliphatic hydroxyl groups is 2. The van der Waals surface area contributed by atoms with Gasteiger partial charge in [-0.25, -0.2) is 4.79 Å². The fourth-order valence-corrected chi connectivity index (χ4v) is 13.3. The molecule has 3 heterocycles. The van der Waals surface area contributed by atoms with Crippen LogP contribution < -0.4 is 4.74 Å². The number of aliphatic hydroxyl groups excluding tert-OH is 1. The number of fused-ring (bicyclic) bond motifs is 3. The molecule has 2 N–H and O–H groups in total. The molecule has 3 aliphatic heterocycles. The van der Waals surface area contributed by atoms with E-state index >= 15 is 9.59 Å². The largest absolute Gasteiger partial charge is 0.462 e. The smallest absolute Gasteiger partial charge is 0.329 e. The van der Waals surface area contributed by atoms with E-state index in [0.717, 1.165) is 29.9 Å². The molecule has 0 radical (unpaired) electrons. The standard InChI is InChI=1S/C68H99NO21/c1-16-19-48-28-38(2)26-39(3)30-56(82-14)63-57(83-15)32-43(7)68(80,90-63)64(77)65(78)69-25-18-17-20-50(69)66(79)89-62(42(6)31-47-21-22-51(72)54(33-47)81-13)44(8)53(34-52(48)73)87-60(76)35-67(11,12)61-41(5)27-40(4)29-55(61)88-59(75)24-23-58(74)86-49(36-84-45(9)70)37-85-46(10)71/h16,27-29,31,39,43-44,47-51,53-54,56-57,62-63,72,80H,1,17-26,30,32-37H2,2-15H3/b38-28+,42-31+/t39-,43+,44+,47?,48+,50-,51+,53-,54+,56-,57-,62+,63+,68+/m0/s1. The van der Waals surface area contributed by atoms with Gasteiger partial charge in [-0.3, -0.25) is 38.4 Å². The second-order valence-corrected chi connectivity index (χ2v) is 25.9. The second-order valence-electron chi connectivity index (χ2n) is 25.9. The summed E-state index contributed by atoms with van der Waals surface area (Å²) in [6.07, 6.45) is 0.335. The molecule has 2 saturated heterocycles. The zero-order valence-corrected chi connectivity index (χ0v) is 55.3. The number of allylic oxidation sites excluding steroid dienone is 4. The summed E-state index contributed by atoms with van der Waals surface area (Å²) in [7, 11) is 4.51. The Hall–Kier alpha value is -6.17. The highest BCUT2D eigenvalue weighted by Gasteiger charge is 2.57. The zero-order valence-electron chi connectivity index (χ0n) is 55.3. The number of rotatable bonds is 20. The first-order chi connectivity index (χ1) is 42.4. The maximum atomic E-state index is 15.1. The highest BCUT2D eigenvalue weighted by molar-refractivity contribution is 6.39. The Balaban J connectivity index is 1.57. The first-order valence-electron chi connectivity index (χ1n) is 31.6. The molecule has 502 valence electrons. The third kappa shape index (κ3) is 20.4. The molecule has 1 aromatic rings. The summed E-state index contributed by atoms with van der Waals surface area (Å²) in [5.41, 5.74) is 2.08. The van der Waals surface area contributed by atoms with Gasteiger partial charge in [0.25, 0.3) is 11.7 Å². The van der Waals surface area contributed by atoms with Crippen LogP contribution in [0.5, 0.6) is 5.75 Å². The van der Waals surface area contributed by atoms with E-state index in [-0.39, 0.29) is 75.2 Å². The average molecular weight is 1270 g/mol. The number of aryl methyl sites for hydroxylation is 2. The Bertz CT molecular complexity index is 2770. The number of Topliss-reactive ketones (excluding diaryl/α,β-unsaturated/α-hetero) is 2. The van der Waals surface area contributed by atoms with Gasteiger partial charge in [0.15, 0.2) is 6.10 Å². The normalized spacial score (nSPS) is 30.1. The van der Waals surface area contributed by atoms with Gasteiger partial charge in [0.05, 0.1) is 43.7 Å². The van der Waals surface area contributed by atoms with Crippen LogP contribution in [0.3, 0.4) is 0 Å². The molecule has 1 aromatic carbocycles. The van der Waals surface area contributed by atoms with Crippen molar-refractivity contribution in [2.24, 2.45) is 29.6 Å². The number of carbonyl (C=O) groups is 9. The van der Waals surface area contributed by atoms with Gasteiger partial charge in [0, 0.05) is 76.9 Å². The summed E-state index contributed by atoms with van der Waals surface area (Å²) in [6, 6.07) is 2.19. The second kappa shape index (κ2) is 33.9. The van der Waals surface area contributed by atoms with Crippen LogP contribution in [0.25, 0.3) is 0 Å². The number of hydrogen-bond acceptors (Lipinski definition) is 21. The Morgan fingerprint density at radius 3 is 2.07 bits per heavy atom. The molecule has 0 aromatic heterocycles. The number of piperidine rings is 1. The summed E-state index contributed by atoms with van der Waals surface area (Å²) in [5.74, 6) is -12.7. The Morgan fingerprint density at radius 1 is 0.811 bits per heavy atom. The van der Waals surface area contributed by atoms with Crippen LogP contribution in [-0.2, 0) is 91.2 Å². The molecule has 1 unspecified atom stereocenters. The average Bonchev–Trinajstić information content (AvgIpc) is 0.807. The fourth-order valence-electron chi connectivity index (χ4n) is 13.3. The van der Waals surface area contributed by atoms with Crippen LogP contribution in [0.1, 0.15) is 169 Å². The summed E-state index contributed by atoms with van der Waals surface area (Å²) < 4.78 is 58.3. The highest BCUT2D eigenvalue weighted by Crippen LogP contribution is 2.42. The molecular weight excluding hydrogens is 1170 g/mol. The lowest BCUT2D eigenvalue weighted by Crippen LogP contribution is -2.64. The molecule has 1 amide bonds. The summed E-state index contributed by atoms with van der Waals surface area (Å²) >= 11 is 0. The van der Waals surface area contributed by atoms with E-state index in [1.165, 1.54) is 21.3 Å². The van der Waals surface area contributed by atoms with Crippen molar-refractivity contribution in [2.45, 2.75) is 232 Å². The zero-order chi connectivity index (χ0) is 66.9. The fraction of sp³-hybridized carbons (Fsp3) is 0.691. The predicted molar refractivity (Wildman–Crippen MR) is 328 cm³/mol. The van der Waals surface area contributed by atoms with Gasteiger partial charge in [-0.1, -0.05) is 64.5 Å². The molecule has 2 bridgehead atoms. The van der Waals surface area contributed by atoms with Crippen LogP contribution in [0.15, 0.2) is 48.1 Å². The molecular formula is C68H99NO21. The minimum atomic E-state index is -2.62. The molecule has 3 fully saturated rings. The number of cyclic esters (lactones) is 1. The molecule has 1 aliphatic carbocycles. The van der Waals surface area contributed by atoms with Crippen LogP contribution >= 0.6 is 0 Å². The van der Waals surface area contributed by atoms with Crippen molar-refractivity contribution in [1.82, 2.24) is 4.90 Å². The summed E-state index contributed by atoms with van der Waals surface area (Å²) in [6.45, 7) is 21.6. The number of hydrogen-bond donors (Lipinski definition) is 2. The van der Waals surface area contributed by atoms with Crippen LogP contribution in [-0.4, -0.2) is 170 Å². The lowest BCUT2D eigenvalue weighted by Gasteiger charge is -2.47. The van der Waals surface area contributed by atoms with Gasteiger partial charge in [-0.2, -0.15) is 0 Å². The number of ketones is 2. The van der Waals surface area contributed by atoms with E-state index in [0.29, 0.717) is 61.6 Å². The van der Waals surface area contributed by atoms with E-state index in [1.807, 2.05) is 32.1 Å². The van der Waals surface area contributed by atoms with Crippen molar-refractivity contribution < 1.29 is 101 Å². The van der Waals surface area contributed by atoms with Gasteiger partial charge >= 0.3 is 35.8 Å². The lowest BCUT2D eigenvalue weighted by atomic mass is 9.78. The minimum absolute atomic E-state index is 0.0205. The van der Waals surface area contributed by atoms with Gasteiger partial charge in [-0.05, 0) is 127 Å². The SMILES string of the molecule is C=CC[C@@H]1/C=C(\C)C[C@H](C)C[C@H](OC)[C@H]2O[C@@](O)(C(=O)C(=O)N3CCCC[C@H]3C(=O)O[C@H](/C(C)=C/C3CC[C@@H](O)[C@H](OC)C3)[C@H](C)[C@@H](OC(=O)CC(C)(C)c3c(C)cc(C)cc3OC(=O)CCC(=O)OC(COC(C)=O)COC(C)=O)CC1=O)[C@H](C)C[C@@H]2OC. The number of nitrogens with zero attached hydrogens (tertiary/aromatic N) is 1. The molecule has 90 heavy (non-hydrogen) atoms.